The van der Waals surface area contributed by atoms with Gasteiger partial charge in [0, 0.05) is 13.3 Å². The highest BCUT2D eigenvalue weighted by Crippen LogP contribution is 2.32. The van der Waals surface area contributed by atoms with E-state index in [4.69, 9.17) is 9.47 Å². The molecule has 0 spiro atoms. The fourth-order valence-electron chi connectivity index (χ4n) is 1.97. The van der Waals surface area contributed by atoms with Gasteiger partial charge in [-0.15, -0.1) is 0 Å². The summed E-state index contributed by atoms with van der Waals surface area (Å²) in [5, 5.41) is 0. The maximum atomic E-state index is 11.4. The molecule has 0 aliphatic carbocycles. The molecule has 2 bridgehead atoms. The molecule has 0 aromatic rings. The van der Waals surface area contributed by atoms with E-state index in [-0.39, 0.29) is 18.0 Å². The lowest BCUT2D eigenvalue weighted by molar-refractivity contribution is -0.169. The lowest BCUT2D eigenvalue weighted by Crippen LogP contribution is -2.42. The van der Waals surface area contributed by atoms with Crippen molar-refractivity contribution in [2.45, 2.75) is 44.5 Å². The quantitative estimate of drug-likeness (QED) is 0.555. The van der Waals surface area contributed by atoms with Gasteiger partial charge in [0.05, 0.1) is 6.10 Å². The van der Waals surface area contributed by atoms with Crippen molar-refractivity contribution in [3.05, 3.63) is 0 Å². The van der Waals surface area contributed by atoms with Gasteiger partial charge in [-0.05, 0) is 12.8 Å². The van der Waals surface area contributed by atoms with Crippen LogP contribution in [0.1, 0.15) is 26.2 Å². The second-order valence-corrected chi connectivity index (χ2v) is 3.57. The number of ketones is 1. The van der Waals surface area contributed by atoms with E-state index in [0.29, 0.717) is 6.42 Å². The largest absolute Gasteiger partial charge is 0.452 e. The van der Waals surface area contributed by atoms with Crippen molar-refractivity contribution < 1.29 is 19.1 Å². The Labute approximate surface area is 76.2 Å². The third kappa shape index (κ3) is 1.58. The van der Waals surface area contributed by atoms with Crippen LogP contribution in [0.3, 0.4) is 0 Å². The summed E-state index contributed by atoms with van der Waals surface area (Å²) < 4.78 is 10.4. The molecule has 13 heavy (non-hydrogen) atoms. The van der Waals surface area contributed by atoms with E-state index < -0.39 is 12.1 Å². The number of esters is 1. The Morgan fingerprint density at radius 2 is 2.31 bits per heavy atom. The van der Waals surface area contributed by atoms with Crippen LogP contribution in [-0.2, 0) is 19.1 Å². The standard InChI is InChI=1S/C9H12O4/c1-5(10)12-9-7(11)4-6-2-3-8(9)13-6/h6,8-9H,2-4H2,1H3/t6-,8+,9-/m0/s1. The molecule has 72 valence electrons. The molecule has 2 heterocycles. The lowest BCUT2D eigenvalue weighted by atomic mass is 10.1. The van der Waals surface area contributed by atoms with Gasteiger partial charge < -0.3 is 9.47 Å². The summed E-state index contributed by atoms with van der Waals surface area (Å²) in [5.74, 6) is -0.402. The second-order valence-electron chi connectivity index (χ2n) is 3.57. The van der Waals surface area contributed by atoms with Gasteiger partial charge >= 0.3 is 5.97 Å². The molecule has 0 aromatic heterocycles. The minimum absolute atomic E-state index is 0.00829. The Morgan fingerprint density at radius 1 is 1.54 bits per heavy atom. The average Bonchev–Trinajstić information content (AvgIpc) is 2.42. The average molecular weight is 184 g/mol. The van der Waals surface area contributed by atoms with Crippen molar-refractivity contribution >= 4 is 11.8 Å². The Bertz CT molecular complexity index is 248. The van der Waals surface area contributed by atoms with Crippen molar-refractivity contribution in [3.63, 3.8) is 0 Å². The van der Waals surface area contributed by atoms with Gasteiger partial charge in [-0.2, -0.15) is 0 Å². The zero-order valence-electron chi connectivity index (χ0n) is 7.49. The van der Waals surface area contributed by atoms with Crippen LogP contribution < -0.4 is 0 Å². The van der Waals surface area contributed by atoms with Crippen molar-refractivity contribution in [3.8, 4) is 0 Å². The van der Waals surface area contributed by atoms with E-state index in [1.807, 2.05) is 0 Å². The molecule has 2 fully saturated rings. The number of carbonyl (C=O) groups excluding carboxylic acids is 2. The normalized spacial score (nSPS) is 37.6. The molecule has 3 atom stereocenters. The summed E-state index contributed by atoms with van der Waals surface area (Å²) in [4.78, 5) is 22.1. The summed E-state index contributed by atoms with van der Waals surface area (Å²) >= 11 is 0. The van der Waals surface area contributed by atoms with Crippen molar-refractivity contribution in [2.75, 3.05) is 0 Å². The zero-order chi connectivity index (χ0) is 9.42. The van der Waals surface area contributed by atoms with Gasteiger partial charge in [0.1, 0.15) is 6.10 Å². The highest BCUT2D eigenvalue weighted by Gasteiger charge is 2.43. The van der Waals surface area contributed by atoms with Crippen molar-refractivity contribution in [2.24, 2.45) is 0 Å². The predicted octanol–water partition coefficient (Wildman–Crippen LogP) is 0.438. The molecule has 2 rings (SSSR count). The molecule has 4 heteroatoms. The van der Waals surface area contributed by atoms with Crippen LogP contribution in [0, 0.1) is 0 Å². The zero-order valence-corrected chi connectivity index (χ0v) is 7.49. The molecule has 2 aliphatic rings. The molecular weight excluding hydrogens is 172 g/mol. The molecule has 0 radical (unpaired) electrons. The molecule has 0 amide bonds. The van der Waals surface area contributed by atoms with E-state index >= 15 is 0 Å². The number of Topliss-reactive ketones (excluding diaryl/α,β-unsaturated/α-hetero) is 1. The predicted molar refractivity (Wildman–Crippen MR) is 43.1 cm³/mol. The summed E-state index contributed by atoms with van der Waals surface area (Å²) in [5.41, 5.74) is 0. The molecular formula is C9H12O4. The maximum absolute atomic E-state index is 11.4. The van der Waals surface area contributed by atoms with Crippen molar-refractivity contribution in [1.29, 1.82) is 0 Å². The number of rotatable bonds is 1. The Morgan fingerprint density at radius 3 is 3.00 bits per heavy atom. The van der Waals surface area contributed by atoms with Crippen LogP contribution in [0.4, 0.5) is 0 Å². The fourth-order valence-corrected chi connectivity index (χ4v) is 1.97. The number of ether oxygens (including phenoxy) is 2. The van der Waals surface area contributed by atoms with Crippen LogP contribution >= 0.6 is 0 Å². The smallest absolute Gasteiger partial charge is 0.303 e. The van der Waals surface area contributed by atoms with Crippen LogP contribution in [0.25, 0.3) is 0 Å². The summed E-state index contributed by atoms with van der Waals surface area (Å²) in [6.07, 6.45) is 1.38. The van der Waals surface area contributed by atoms with Gasteiger partial charge in [-0.25, -0.2) is 0 Å². The minimum Gasteiger partial charge on any atom is -0.452 e. The SMILES string of the molecule is CC(=O)O[C@H]1C(=O)C[C@@H]2CC[C@H]1O2. The van der Waals surface area contributed by atoms with Crippen molar-refractivity contribution in [1.82, 2.24) is 0 Å². The highest BCUT2D eigenvalue weighted by molar-refractivity contribution is 5.87. The van der Waals surface area contributed by atoms with Gasteiger partial charge in [0.25, 0.3) is 0 Å². The topological polar surface area (TPSA) is 52.6 Å². The first-order chi connectivity index (χ1) is 6.16. The third-order valence-corrected chi connectivity index (χ3v) is 2.52. The van der Waals surface area contributed by atoms with E-state index in [2.05, 4.69) is 0 Å². The maximum Gasteiger partial charge on any atom is 0.303 e. The first-order valence-corrected chi connectivity index (χ1v) is 4.52. The molecule has 2 aliphatic heterocycles. The van der Waals surface area contributed by atoms with Gasteiger partial charge in [-0.3, -0.25) is 9.59 Å². The van der Waals surface area contributed by atoms with Crippen LogP contribution in [0.5, 0.6) is 0 Å². The van der Waals surface area contributed by atoms with Gasteiger partial charge in [0.15, 0.2) is 11.9 Å². The number of carbonyl (C=O) groups is 2. The van der Waals surface area contributed by atoms with Crippen LogP contribution in [-0.4, -0.2) is 30.1 Å². The van der Waals surface area contributed by atoms with E-state index in [0.717, 1.165) is 12.8 Å². The molecule has 4 nitrogen and oxygen atoms in total. The molecule has 2 saturated heterocycles. The molecule has 0 N–H and O–H groups in total. The fraction of sp³-hybridized carbons (Fsp3) is 0.778. The minimum atomic E-state index is -0.642. The Hall–Kier alpha value is -0.900. The molecule has 0 saturated carbocycles. The molecule has 0 aromatic carbocycles. The summed E-state index contributed by atoms with van der Waals surface area (Å²) in [6.45, 7) is 1.31. The first-order valence-electron chi connectivity index (χ1n) is 4.52. The second kappa shape index (κ2) is 3.10. The van der Waals surface area contributed by atoms with E-state index in [1.54, 1.807) is 0 Å². The lowest BCUT2D eigenvalue weighted by Gasteiger charge is -2.27. The van der Waals surface area contributed by atoms with Crippen LogP contribution in [0.15, 0.2) is 0 Å². The Kier molecular flexibility index (Phi) is 2.07. The number of fused-ring (bicyclic) bond motifs is 2. The Balaban J connectivity index is 2.07. The number of hydrogen-bond acceptors (Lipinski definition) is 4. The van der Waals surface area contributed by atoms with Gasteiger partial charge in [0.2, 0.25) is 0 Å². The van der Waals surface area contributed by atoms with E-state index in [9.17, 15) is 9.59 Å². The first kappa shape index (κ1) is 8.69. The summed E-state index contributed by atoms with van der Waals surface area (Å²) in [6, 6.07) is 0. The number of hydrogen-bond donors (Lipinski definition) is 0. The highest BCUT2D eigenvalue weighted by atomic mass is 16.6. The van der Waals surface area contributed by atoms with Gasteiger partial charge in [-0.1, -0.05) is 0 Å². The van der Waals surface area contributed by atoms with Crippen LogP contribution in [0.2, 0.25) is 0 Å². The third-order valence-electron chi connectivity index (χ3n) is 2.52. The summed E-state index contributed by atoms with van der Waals surface area (Å²) in [7, 11) is 0. The van der Waals surface area contributed by atoms with E-state index in [1.165, 1.54) is 6.92 Å². The molecule has 0 unspecified atom stereocenters. The monoisotopic (exact) mass is 184 g/mol.